The second kappa shape index (κ2) is 8.33. The number of hydrogen-bond donors (Lipinski definition) is 1. The molecule has 3 aromatic rings. The standard InChI is InChI=1S/C23H26ClN4O2P/c24-20-11-17(29)4-5-18(20)19-13-28-21(10-16(19)14-31)25-12-22(28)26-6-8-27(9-7-26)23(30)15-2-1-3-15/h4-5,10-13,15,29H,1-3,6-9,14,31H2. The van der Waals surface area contributed by atoms with Gasteiger partial charge in [-0.05, 0) is 48.8 Å². The summed E-state index contributed by atoms with van der Waals surface area (Å²) in [5.41, 5.74) is 3.91. The van der Waals surface area contributed by atoms with Crippen molar-refractivity contribution < 1.29 is 9.90 Å². The van der Waals surface area contributed by atoms with Crippen molar-refractivity contribution in [3.63, 3.8) is 0 Å². The number of phenolic OH excluding ortho intramolecular Hbond substituents is 1. The summed E-state index contributed by atoms with van der Waals surface area (Å²) in [4.78, 5) is 21.5. The molecular formula is C23H26ClN4O2P. The minimum atomic E-state index is 0.153. The molecule has 6 nitrogen and oxygen atoms in total. The molecule has 1 saturated heterocycles. The average molecular weight is 457 g/mol. The zero-order chi connectivity index (χ0) is 21.5. The third-order valence-corrected chi connectivity index (χ3v) is 7.30. The molecule has 2 fully saturated rings. The lowest BCUT2D eigenvalue weighted by atomic mass is 9.84. The second-order valence-electron chi connectivity index (χ2n) is 8.37. The molecule has 1 aliphatic heterocycles. The largest absolute Gasteiger partial charge is 0.508 e. The van der Waals surface area contributed by atoms with Crippen LogP contribution in [-0.4, -0.2) is 51.5 Å². The van der Waals surface area contributed by atoms with Gasteiger partial charge in [-0.3, -0.25) is 9.20 Å². The Balaban J connectivity index is 1.44. The van der Waals surface area contributed by atoms with Crippen molar-refractivity contribution in [3.8, 4) is 16.9 Å². The van der Waals surface area contributed by atoms with Crippen molar-refractivity contribution in [1.29, 1.82) is 0 Å². The molecule has 1 aliphatic carbocycles. The molecule has 31 heavy (non-hydrogen) atoms. The normalized spacial score (nSPS) is 17.2. The summed E-state index contributed by atoms with van der Waals surface area (Å²) in [5.74, 6) is 1.76. The van der Waals surface area contributed by atoms with Gasteiger partial charge in [0.1, 0.15) is 17.2 Å². The van der Waals surface area contributed by atoms with Crippen molar-refractivity contribution in [2.75, 3.05) is 31.1 Å². The molecule has 0 bridgehead atoms. The first-order chi connectivity index (χ1) is 15.0. The van der Waals surface area contributed by atoms with E-state index < -0.39 is 0 Å². The highest BCUT2D eigenvalue weighted by atomic mass is 35.5. The van der Waals surface area contributed by atoms with Gasteiger partial charge < -0.3 is 14.9 Å². The molecule has 1 unspecified atom stereocenters. The number of phenols is 1. The van der Waals surface area contributed by atoms with Crippen LogP contribution in [0.2, 0.25) is 5.02 Å². The Bertz CT molecular complexity index is 1140. The van der Waals surface area contributed by atoms with E-state index in [1.165, 1.54) is 6.42 Å². The third kappa shape index (κ3) is 3.77. The number of piperazine rings is 1. The lowest BCUT2D eigenvalue weighted by molar-refractivity contribution is -0.138. The molecule has 1 N–H and O–H groups in total. The maximum absolute atomic E-state index is 12.6. The van der Waals surface area contributed by atoms with E-state index in [1.54, 1.807) is 12.1 Å². The first kappa shape index (κ1) is 20.6. The van der Waals surface area contributed by atoms with Crippen molar-refractivity contribution in [1.82, 2.24) is 14.3 Å². The molecule has 0 spiro atoms. The number of halogens is 1. The lowest BCUT2D eigenvalue weighted by Gasteiger charge is -2.38. The Hall–Kier alpha value is -2.30. The minimum Gasteiger partial charge on any atom is -0.508 e. The van der Waals surface area contributed by atoms with E-state index in [0.717, 1.165) is 73.3 Å². The highest BCUT2D eigenvalue weighted by molar-refractivity contribution is 7.15. The van der Waals surface area contributed by atoms with Crippen LogP contribution in [0.25, 0.3) is 16.8 Å². The average Bonchev–Trinajstić information content (AvgIpc) is 3.14. The van der Waals surface area contributed by atoms with Crippen LogP contribution < -0.4 is 4.90 Å². The minimum absolute atomic E-state index is 0.153. The van der Waals surface area contributed by atoms with E-state index >= 15 is 0 Å². The van der Waals surface area contributed by atoms with Gasteiger partial charge in [0.2, 0.25) is 5.91 Å². The third-order valence-electron chi connectivity index (χ3n) is 6.55. The van der Waals surface area contributed by atoms with Gasteiger partial charge in [0.05, 0.1) is 11.2 Å². The number of aromatic nitrogens is 2. The van der Waals surface area contributed by atoms with Gasteiger partial charge in [-0.15, -0.1) is 9.24 Å². The molecule has 8 heteroatoms. The molecule has 162 valence electrons. The molecule has 2 aliphatic rings. The van der Waals surface area contributed by atoms with Gasteiger partial charge in [0.25, 0.3) is 0 Å². The summed E-state index contributed by atoms with van der Waals surface area (Å²) < 4.78 is 2.10. The van der Waals surface area contributed by atoms with E-state index in [0.29, 0.717) is 10.9 Å². The number of pyridine rings is 1. The van der Waals surface area contributed by atoms with Crippen LogP contribution in [0.1, 0.15) is 24.8 Å². The Labute approximate surface area is 189 Å². The summed E-state index contributed by atoms with van der Waals surface area (Å²) >= 11 is 6.45. The highest BCUT2D eigenvalue weighted by Crippen LogP contribution is 2.35. The lowest BCUT2D eigenvalue weighted by Crippen LogP contribution is -2.51. The number of imidazole rings is 1. The highest BCUT2D eigenvalue weighted by Gasteiger charge is 2.31. The van der Waals surface area contributed by atoms with Crippen molar-refractivity contribution in [2.45, 2.75) is 25.4 Å². The number of rotatable bonds is 4. The van der Waals surface area contributed by atoms with Crippen LogP contribution in [-0.2, 0) is 11.0 Å². The number of anilines is 1. The SMILES string of the molecule is O=C(C1CCC1)N1CCN(c2cnc3cc(CP)c(-c4ccc(O)cc4Cl)cn23)CC1. The van der Waals surface area contributed by atoms with E-state index in [4.69, 9.17) is 11.6 Å². The van der Waals surface area contributed by atoms with Crippen LogP contribution in [0, 0.1) is 5.92 Å². The molecule has 1 amide bonds. The predicted molar refractivity (Wildman–Crippen MR) is 127 cm³/mol. The first-order valence-electron chi connectivity index (χ1n) is 10.8. The van der Waals surface area contributed by atoms with E-state index in [1.807, 2.05) is 17.2 Å². The Kier molecular flexibility index (Phi) is 5.53. The van der Waals surface area contributed by atoms with E-state index in [2.05, 4.69) is 35.8 Å². The molecule has 0 radical (unpaired) electrons. The fraction of sp³-hybridized carbons (Fsp3) is 0.391. The van der Waals surface area contributed by atoms with Gasteiger partial charge in [-0.1, -0.05) is 18.0 Å². The summed E-state index contributed by atoms with van der Waals surface area (Å²) in [7, 11) is 2.77. The first-order valence-corrected chi connectivity index (χ1v) is 12.0. The molecule has 2 aromatic heterocycles. The van der Waals surface area contributed by atoms with Crippen LogP contribution in [0.15, 0.2) is 36.7 Å². The summed E-state index contributed by atoms with van der Waals surface area (Å²) in [6.45, 7) is 3.10. The molecule has 1 atom stereocenters. The fourth-order valence-electron chi connectivity index (χ4n) is 4.49. The number of fused-ring (bicyclic) bond motifs is 1. The van der Waals surface area contributed by atoms with Crippen LogP contribution in [0.5, 0.6) is 5.75 Å². The Morgan fingerprint density at radius 3 is 2.58 bits per heavy atom. The van der Waals surface area contributed by atoms with Gasteiger partial charge >= 0.3 is 0 Å². The van der Waals surface area contributed by atoms with Crippen molar-refractivity contribution in [2.24, 2.45) is 5.92 Å². The Morgan fingerprint density at radius 2 is 1.94 bits per heavy atom. The molecular weight excluding hydrogens is 431 g/mol. The second-order valence-corrected chi connectivity index (χ2v) is 9.18. The number of hydrogen-bond acceptors (Lipinski definition) is 4. The number of carbonyl (C=O) groups excluding carboxylic acids is 1. The van der Waals surface area contributed by atoms with Crippen LogP contribution in [0.3, 0.4) is 0 Å². The van der Waals surface area contributed by atoms with E-state index in [9.17, 15) is 9.90 Å². The molecule has 3 heterocycles. The number of carbonyl (C=O) groups is 1. The maximum Gasteiger partial charge on any atom is 0.225 e. The van der Waals surface area contributed by atoms with Crippen LogP contribution >= 0.6 is 20.8 Å². The Morgan fingerprint density at radius 1 is 1.16 bits per heavy atom. The number of benzene rings is 1. The quantitative estimate of drug-likeness (QED) is 0.598. The monoisotopic (exact) mass is 456 g/mol. The van der Waals surface area contributed by atoms with Gasteiger partial charge in [0, 0.05) is 49.4 Å². The molecule has 1 saturated carbocycles. The van der Waals surface area contributed by atoms with Gasteiger partial charge in [-0.25, -0.2) is 4.98 Å². The smallest absolute Gasteiger partial charge is 0.225 e. The van der Waals surface area contributed by atoms with Gasteiger partial charge in [0.15, 0.2) is 0 Å². The van der Waals surface area contributed by atoms with Crippen LogP contribution in [0.4, 0.5) is 5.82 Å². The number of aromatic hydroxyl groups is 1. The maximum atomic E-state index is 12.6. The molecule has 1 aromatic carbocycles. The zero-order valence-corrected chi connectivity index (χ0v) is 19.2. The summed E-state index contributed by atoms with van der Waals surface area (Å²) in [5, 5.41) is 10.3. The van der Waals surface area contributed by atoms with E-state index in [-0.39, 0.29) is 11.7 Å². The summed E-state index contributed by atoms with van der Waals surface area (Å²) in [6, 6.07) is 7.17. The molecule has 5 rings (SSSR count). The predicted octanol–water partition coefficient (Wildman–Crippen LogP) is 4.18. The summed E-state index contributed by atoms with van der Waals surface area (Å²) in [6.07, 6.45) is 8.05. The zero-order valence-electron chi connectivity index (χ0n) is 17.3. The van der Waals surface area contributed by atoms with Crippen molar-refractivity contribution >= 4 is 38.2 Å². The number of nitrogens with zero attached hydrogens (tertiary/aromatic N) is 4. The van der Waals surface area contributed by atoms with Gasteiger partial charge in [-0.2, -0.15) is 0 Å². The topological polar surface area (TPSA) is 61.1 Å². The van der Waals surface area contributed by atoms with Crippen molar-refractivity contribution in [3.05, 3.63) is 47.2 Å². The number of amides is 1. The fourth-order valence-corrected chi connectivity index (χ4v) is 5.10.